The quantitative estimate of drug-likeness (QED) is 0.0578. The molecule has 5 rings (SSSR count). The van der Waals surface area contributed by atoms with Gasteiger partial charge >= 0.3 is 0 Å². The van der Waals surface area contributed by atoms with Crippen LogP contribution in [0.2, 0.25) is 0 Å². The number of carbonyl (C=O) groups is 1. The molecular weight excluding hydrogens is 849 g/mol. The van der Waals surface area contributed by atoms with E-state index in [-0.39, 0.29) is 11.7 Å². The van der Waals surface area contributed by atoms with Crippen molar-refractivity contribution in [3.05, 3.63) is 54.6 Å². The predicted molar refractivity (Wildman–Crippen MR) is 258 cm³/mol. The summed E-state index contributed by atoms with van der Waals surface area (Å²) in [6.45, 7) is 19.1. The van der Waals surface area contributed by atoms with Crippen molar-refractivity contribution < 1.29 is 45.3 Å². The van der Waals surface area contributed by atoms with E-state index in [0.29, 0.717) is 102 Å². The number of hydrogen-bond acceptors (Lipinski definition) is 10. The second-order valence-electron chi connectivity index (χ2n) is 18.0. The lowest BCUT2D eigenvalue weighted by Crippen LogP contribution is -2.42. The van der Waals surface area contributed by atoms with Gasteiger partial charge in [0.15, 0.2) is 0 Å². The zero-order valence-corrected chi connectivity index (χ0v) is 41.9. The minimum Gasteiger partial charge on any atom is -0.493 e. The maximum Gasteiger partial charge on any atom is 0.278 e. The lowest BCUT2D eigenvalue weighted by Gasteiger charge is -2.43. The van der Waals surface area contributed by atoms with Crippen LogP contribution in [0.15, 0.2) is 69.3 Å². The van der Waals surface area contributed by atoms with Crippen LogP contribution in [0.4, 0.5) is 0 Å². The normalized spacial score (nSPS) is 18.2. The van der Waals surface area contributed by atoms with Crippen LogP contribution in [0.25, 0.3) is 0 Å². The molecule has 2 saturated carbocycles. The van der Waals surface area contributed by atoms with Crippen LogP contribution < -0.4 is 28.4 Å². The number of unbranched alkanes of at least 4 members (excludes halogenated alkanes) is 6. The molecule has 2 aliphatic rings. The van der Waals surface area contributed by atoms with Gasteiger partial charge in [-0.05, 0) is 85.1 Å². The van der Waals surface area contributed by atoms with Gasteiger partial charge in [0.2, 0.25) is 0 Å². The monoisotopic (exact) mass is 927 g/mol. The highest BCUT2D eigenvalue weighted by Gasteiger charge is 2.66. The summed E-state index contributed by atoms with van der Waals surface area (Å²) in [5, 5.41) is 0. The third-order valence-corrected chi connectivity index (χ3v) is 18.3. The van der Waals surface area contributed by atoms with Crippen molar-refractivity contribution in [2.24, 2.45) is 16.7 Å². The molecule has 0 amide bonds. The third-order valence-electron chi connectivity index (χ3n) is 13.0. The molecule has 3 aromatic carbocycles. The van der Waals surface area contributed by atoms with Crippen LogP contribution in [0, 0.1) is 16.7 Å². The molecule has 2 atom stereocenters. The first-order valence-electron chi connectivity index (χ1n) is 24.4. The molecule has 2 fully saturated rings. The molecule has 10 nitrogen and oxygen atoms in total. The zero-order chi connectivity index (χ0) is 46.2. The third kappa shape index (κ3) is 11.9. The second-order valence-corrected chi connectivity index (χ2v) is 22.4. The fraction of sp³-hybridized carbons (Fsp3) is 0.635. The molecule has 12 heteroatoms. The highest BCUT2D eigenvalue weighted by Crippen LogP contribution is 2.78. The van der Waals surface area contributed by atoms with Crippen LogP contribution in [0.1, 0.15) is 152 Å². The fourth-order valence-corrected chi connectivity index (χ4v) is 15.3. The summed E-state index contributed by atoms with van der Waals surface area (Å²) < 4.78 is 79.0. The van der Waals surface area contributed by atoms with Crippen molar-refractivity contribution in [2.45, 2.75) is 166 Å². The van der Waals surface area contributed by atoms with Gasteiger partial charge in [0.05, 0.1) is 50.8 Å². The molecule has 0 saturated heterocycles. The van der Waals surface area contributed by atoms with Gasteiger partial charge in [0, 0.05) is 35.6 Å². The topological polar surface area (TPSA) is 116 Å². The molecule has 0 aromatic heterocycles. The maximum atomic E-state index is 15.7. The van der Waals surface area contributed by atoms with Crippen molar-refractivity contribution in [3.63, 3.8) is 0 Å². The number of carbonyl (C=O) groups excluding carboxylic acids is 1. The lowest BCUT2D eigenvalue weighted by molar-refractivity contribution is -0.128. The summed E-state index contributed by atoms with van der Waals surface area (Å²) >= 11 is 0. The summed E-state index contributed by atoms with van der Waals surface area (Å²) in [6, 6.07) is 16.9. The first kappa shape index (κ1) is 51.4. The number of rotatable bonds is 31. The van der Waals surface area contributed by atoms with E-state index < -0.39 is 37.0 Å². The average Bonchev–Trinajstić information content (AvgIpc) is 3.61. The van der Waals surface area contributed by atoms with Crippen molar-refractivity contribution >= 4 is 26.2 Å². The Morgan fingerprint density at radius 1 is 0.562 bits per heavy atom. The summed E-state index contributed by atoms with van der Waals surface area (Å²) in [5.74, 6) is 2.29. The zero-order valence-electron chi connectivity index (χ0n) is 40.2. The Kier molecular flexibility index (Phi) is 19.5. The molecule has 0 radical (unpaired) electrons. The standard InChI is InChI=1S/C52H78O10S2/c1-9-15-28-56-41-35-44(58-30-17-11-3)49(45(36-41)59-31-18-12-4)64(43-24-22-21-23-25-43,62-63(54,55)39-52-27-26-40(34-48(52)53)51(52,7)8)50-46(60-32-19-13-5)37-42(57-29-16-10-2)38-47(50)61-33-20-14-6/h21-25,35-38,40H,9-20,26-34,39H2,1-8H3. The number of Topliss-reactive ketones (excluding diaryl/α,β-unsaturated/α-hetero) is 1. The van der Waals surface area contributed by atoms with Crippen molar-refractivity contribution in [3.8, 4) is 34.5 Å². The van der Waals surface area contributed by atoms with Gasteiger partial charge in [-0.2, -0.15) is 8.42 Å². The van der Waals surface area contributed by atoms with E-state index in [1.165, 1.54) is 0 Å². The van der Waals surface area contributed by atoms with E-state index in [4.69, 9.17) is 32.1 Å². The van der Waals surface area contributed by atoms with E-state index in [0.717, 1.165) is 83.5 Å². The number of ether oxygens (including phenoxy) is 6. The van der Waals surface area contributed by atoms with Gasteiger partial charge in [-0.15, -0.1) is 0 Å². The molecule has 3 aromatic rings. The van der Waals surface area contributed by atoms with Gasteiger partial charge in [0.1, 0.15) is 50.1 Å². The van der Waals surface area contributed by atoms with Gasteiger partial charge in [0.25, 0.3) is 10.1 Å². The smallest absolute Gasteiger partial charge is 0.278 e. The van der Waals surface area contributed by atoms with Crippen LogP contribution in [0.3, 0.4) is 0 Å². The second kappa shape index (κ2) is 24.2. The van der Waals surface area contributed by atoms with Crippen LogP contribution >= 0.6 is 10.3 Å². The number of benzene rings is 3. The Morgan fingerprint density at radius 3 is 1.27 bits per heavy atom. The molecule has 0 aliphatic heterocycles. The molecule has 2 aliphatic carbocycles. The first-order valence-corrected chi connectivity index (χ1v) is 27.5. The highest BCUT2D eigenvalue weighted by molar-refractivity contribution is 8.33. The van der Waals surface area contributed by atoms with Crippen LogP contribution in [-0.4, -0.2) is 59.6 Å². The Hall–Kier alpha value is -3.61. The van der Waals surface area contributed by atoms with E-state index in [2.05, 4.69) is 55.4 Å². The molecule has 2 bridgehead atoms. The summed E-state index contributed by atoms with van der Waals surface area (Å²) in [7, 11) is -8.18. The summed E-state index contributed by atoms with van der Waals surface area (Å²) in [4.78, 5) is 15.5. The summed E-state index contributed by atoms with van der Waals surface area (Å²) in [5.41, 5.74) is -1.64. The molecule has 2 unspecified atom stereocenters. The predicted octanol–water partition coefficient (Wildman–Crippen LogP) is 13.7. The SMILES string of the molecule is CCCCOc1cc(OCCCC)c(S(OS(=O)(=O)CC23CCC(CC2=O)C3(C)C)(c2ccccc2)c2c(OCCCC)cc(OCCCC)cc2OCCCC)c(OCCCC)c1. The van der Waals surface area contributed by atoms with E-state index in [1.54, 1.807) is 0 Å². The molecule has 358 valence electrons. The van der Waals surface area contributed by atoms with Gasteiger partial charge in [-0.1, -0.05) is 112 Å². The Balaban J connectivity index is 1.98. The lowest BCUT2D eigenvalue weighted by atomic mass is 9.70. The molecule has 64 heavy (non-hydrogen) atoms. The Labute approximate surface area is 387 Å². The van der Waals surface area contributed by atoms with E-state index >= 15 is 8.42 Å². The van der Waals surface area contributed by atoms with E-state index in [1.807, 2.05) is 54.6 Å². The minimum atomic E-state index is -4.61. The maximum absolute atomic E-state index is 15.7. The molecule has 0 heterocycles. The van der Waals surface area contributed by atoms with Crippen LogP contribution in [0.5, 0.6) is 34.5 Å². The number of ketones is 1. The van der Waals surface area contributed by atoms with Gasteiger partial charge in [-0.3, -0.25) is 4.79 Å². The van der Waals surface area contributed by atoms with Crippen LogP contribution in [-0.2, 0) is 18.5 Å². The number of fused-ring (bicyclic) bond motifs is 2. The summed E-state index contributed by atoms with van der Waals surface area (Å²) in [6.07, 6.45) is 11.8. The number of hydrogen-bond donors (Lipinski definition) is 0. The highest BCUT2D eigenvalue weighted by atomic mass is 32.3. The Bertz CT molecular complexity index is 1890. The Morgan fingerprint density at radius 2 is 0.938 bits per heavy atom. The fourth-order valence-electron chi connectivity index (χ4n) is 8.89. The van der Waals surface area contributed by atoms with Crippen molar-refractivity contribution in [1.29, 1.82) is 0 Å². The van der Waals surface area contributed by atoms with Crippen molar-refractivity contribution in [2.75, 3.05) is 45.4 Å². The first-order chi connectivity index (χ1) is 30.9. The largest absolute Gasteiger partial charge is 0.493 e. The van der Waals surface area contributed by atoms with Gasteiger partial charge < -0.3 is 28.4 Å². The molecular formula is C52H78O10S2. The average molecular weight is 927 g/mol. The van der Waals surface area contributed by atoms with Crippen molar-refractivity contribution in [1.82, 2.24) is 0 Å². The van der Waals surface area contributed by atoms with Gasteiger partial charge in [-0.25, -0.2) is 3.63 Å². The van der Waals surface area contributed by atoms with E-state index in [9.17, 15) is 4.79 Å². The molecule has 0 N–H and O–H groups in total. The minimum absolute atomic E-state index is 0.0113. The molecule has 0 spiro atoms.